The monoisotopic (exact) mass is 729 g/mol. The van der Waals surface area contributed by atoms with Crippen LogP contribution in [-0.4, -0.2) is 35.7 Å². The molecule has 8 saturated carbocycles. The van der Waals surface area contributed by atoms with E-state index in [0.717, 1.165) is 57.1 Å². The second-order valence-electron chi connectivity index (χ2n) is 15.5. The molecule has 8 fully saturated rings. The number of benzene rings is 2. The van der Waals surface area contributed by atoms with E-state index in [9.17, 15) is 8.42 Å². The number of nitrogens with two attached hydrogens (primary N) is 1. The van der Waals surface area contributed by atoms with Crippen LogP contribution in [0.15, 0.2) is 54.6 Å². The Morgan fingerprint density at radius 2 is 1.09 bits per heavy atom. The Labute approximate surface area is 282 Å². The summed E-state index contributed by atoms with van der Waals surface area (Å²) >= 11 is 0. The molecule has 0 heterocycles. The normalized spacial score (nSPS) is 36.3. The van der Waals surface area contributed by atoms with Crippen LogP contribution in [0.4, 0.5) is 5.69 Å². The fourth-order valence-corrected chi connectivity index (χ4v) is 16.9. The first-order valence-electron chi connectivity index (χ1n) is 17.1. The van der Waals surface area contributed by atoms with Gasteiger partial charge in [0.1, 0.15) is 0 Å². The van der Waals surface area contributed by atoms with Crippen molar-refractivity contribution in [1.29, 1.82) is 0 Å². The summed E-state index contributed by atoms with van der Waals surface area (Å²) in [5, 5.41) is 1.76. The van der Waals surface area contributed by atoms with Crippen molar-refractivity contribution < 1.29 is 33.4 Å². The van der Waals surface area contributed by atoms with Crippen LogP contribution in [0.3, 0.4) is 0 Å². The van der Waals surface area contributed by atoms with Gasteiger partial charge >= 0.3 is 0 Å². The average molecular weight is 730 g/mol. The van der Waals surface area contributed by atoms with Crippen molar-refractivity contribution in [2.24, 2.45) is 35.5 Å². The molecule has 0 unspecified atom stereocenters. The predicted molar refractivity (Wildman–Crippen MR) is 182 cm³/mol. The van der Waals surface area contributed by atoms with Gasteiger partial charge in [-0.25, -0.2) is 0 Å². The molecule has 7 heteroatoms. The molecule has 8 bridgehead atoms. The summed E-state index contributed by atoms with van der Waals surface area (Å²) in [6.45, 7) is 2.45. The van der Waals surface area contributed by atoms with Gasteiger partial charge in [0.2, 0.25) is 0 Å². The van der Waals surface area contributed by atoms with Gasteiger partial charge < -0.3 is 5.73 Å². The maximum absolute atomic E-state index is 9.19. The van der Waals surface area contributed by atoms with Gasteiger partial charge in [0.05, 0.1) is 6.26 Å². The topological polar surface area (TPSA) is 80.4 Å². The van der Waals surface area contributed by atoms with Crippen LogP contribution in [0.25, 0.3) is 11.1 Å². The van der Waals surface area contributed by atoms with Gasteiger partial charge in [0.25, 0.3) is 10.1 Å². The molecule has 0 spiro atoms. The van der Waals surface area contributed by atoms with E-state index in [0.29, 0.717) is 6.26 Å². The van der Waals surface area contributed by atoms with E-state index in [1.54, 1.807) is 89.6 Å². The van der Waals surface area contributed by atoms with E-state index in [4.69, 9.17) is 10.3 Å². The second kappa shape index (κ2) is 14.2. The summed E-state index contributed by atoms with van der Waals surface area (Å²) in [7, 11) is -3.38. The van der Waals surface area contributed by atoms with Gasteiger partial charge in [-0.15, -0.1) is 0 Å². The van der Waals surface area contributed by atoms with Crippen LogP contribution >= 0.6 is 7.92 Å². The van der Waals surface area contributed by atoms with Crippen LogP contribution in [0.2, 0.25) is 0 Å². The Morgan fingerprint density at radius 3 is 1.45 bits per heavy atom. The van der Waals surface area contributed by atoms with E-state index < -0.39 is 10.1 Å². The van der Waals surface area contributed by atoms with E-state index in [1.165, 1.54) is 12.0 Å². The summed E-state index contributed by atoms with van der Waals surface area (Å²) in [6.07, 6.45) is 25.3. The Morgan fingerprint density at radius 1 is 0.727 bits per heavy atom. The van der Waals surface area contributed by atoms with Crippen molar-refractivity contribution in [3.63, 3.8) is 0 Å². The van der Waals surface area contributed by atoms with Crippen LogP contribution in [0, 0.1) is 35.5 Å². The summed E-state index contributed by atoms with van der Waals surface area (Å²) < 4.78 is 25.9. The molecule has 4 nitrogen and oxygen atoms in total. The van der Waals surface area contributed by atoms with Crippen molar-refractivity contribution in [3.05, 3.63) is 54.6 Å². The maximum atomic E-state index is 9.19. The van der Waals surface area contributed by atoms with Gasteiger partial charge in [0.15, 0.2) is 0 Å². The van der Waals surface area contributed by atoms with Gasteiger partial charge in [-0.2, -0.15) is 8.42 Å². The first-order valence-corrected chi connectivity index (χ1v) is 20.5. The minimum Gasteiger partial charge on any atom is -0.398 e. The van der Waals surface area contributed by atoms with Crippen molar-refractivity contribution in [3.8, 4) is 11.1 Å². The SMILES string of the molecule is CCCCP(C12CC3CC(CC(C3)C1)C2)C12CC3CC(CC(C3)C1)C2.CS(=O)(=O)O.Nc1ccccc1-c1ccccc1.[Pd]. The third-order valence-electron chi connectivity index (χ3n) is 11.9. The summed E-state index contributed by atoms with van der Waals surface area (Å²) in [5.41, 5.74) is 8.95. The molecule has 2 aromatic rings. The number of rotatable bonds is 6. The standard InChI is InChI=1S/C24H39P.C12H11N.CH4O3S.Pd/c1-2-3-4-25(23-11-17-5-18(12-23)7-19(6-17)13-23)24-14-20-8-21(15-24)10-22(9-20)16-24;13-12-9-5-4-8-11(12)10-6-2-1-3-7-10;1-5(2,3)4;/h17-22H,2-16H2,1H3;1-9H,13H2;1H3,(H,2,3,4);. The smallest absolute Gasteiger partial charge is 0.261 e. The average Bonchev–Trinajstić information content (AvgIpc) is 2.92. The van der Waals surface area contributed by atoms with Gasteiger partial charge in [0, 0.05) is 31.7 Å². The molecule has 44 heavy (non-hydrogen) atoms. The fourth-order valence-electron chi connectivity index (χ4n) is 11.5. The van der Waals surface area contributed by atoms with Crippen LogP contribution in [0.1, 0.15) is 96.8 Å². The van der Waals surface area contributed by atoms with Crippen LogP contribution in [-0.2, 0) is 30.5 Å². The minimum absolute atomic E-state index is 0. The zero-order valence-electron chi connectivity index (χ0n) is 26.8. The number of unbranched alkanes of at least 4 members (excludes halogenated alkanes) is 1. The number of hydrogen-bond acceptors (Lipinski definition) is 3. The third kappa shape index (κ3) is 7.85. The molecule has 0 saturated heterocycles. The number of hydrogen-bond donors (Lipinski definition) is 2. The number of para-hydroxylation sites is 1. The van der Waals surface area contributed by atoms with Gasteiger partial charge in [-0.3, -0.25) is 4.55 Å². The third-order valence-corrected chi connectivity index (χ3v) is 16.1. The summed E-state index contributed by atoms with van der Waals surface area (Å²) in [4.78, 5) is 0. The molecule has 0 aromatic heterocycles. The quantitative estimate of drug-likeness (QED) is 0.134. The fraction of sp³-hybridized carbons (Fsp3) is 0.676. The van der Waals surface area contributed by atoms with Crippen molar-refractivity contribution in [1.82, 2.24) is 0 Å². The van der Waals surface area contributed by atoms with Crippen molar-refractivity contribution in [2.75, 3.05) is 18.2 Å². The van der Waals surface area contributed by atoms with E-state index in [-0.39, 0.29) is 28.3 Å². The molecule has 0 aliphatic heterocycles. The van der Waals surface area contributed by atoms with Gasteiger partial charge in [-0.05, 0) is 147 Å². The molecular formula is C37H54NO3PPdS. The molecule has 0 radical (unpaired) electrons. The zero-order valence-corrected chi connectivity index (χ0v) is 30.0. The van der Waals surface area contributed by atoms with Crippen LogP contribution in [0.5, 0.6) is 0 Å². The Balaban J connectivity index is 0.000000171. The largest absolute Gasteiger partial charge is 0.398 e. The summed E-state index contributed by atoms with van der Waals surface area (Å²) in [5.74, 6) is 6.95. The van der Waals surface area contributed by atoms with E-state index in [1.807, 2.05) is 42.5 Å². The molecule has 0 atom stereocenters. The zero-order chi connectivity index (χ0) is 30.2. The molecule has 246 valence electrons. The van der Waals surface area contributed by atoms with Crippen molar-refractivity contribution >= 4 is 23.7 Å². The molecule has 8 aliphatic rings. The molecule has 2 aromatic carbocycles. The predicted octanol–water partition coefficient (Wildman–Crippen LogP) is 9.64. The Bertz CT molecular complexity index is 1230. The van der Waals surface area contributed by atoms with E-state index >= 15 is 0 Å². The van der Waals surface area contributed by atoms with Gasteiger partial charge in [-0.1, -0.05) is 69.8 Å². The number of nitrogen functional groups attached to an aromatic ring is 1. The van der Waals surface area contributed by atoms with Crippen LogP contribution < -0.4 is 5.73 Å². The maximum Gasteiger partial charge on any atom is 0.261 e. The minimum atomic E-state index is -3.67. The Kier molecular flexibility index (Phi) is 11.1. The molecule has 10 rings (SSSR count). The first kappa shape index (κ1) is 34.6. The molecule has 3 N–H and O–H groups in total. The molecule has 0 amide bonds. The summed E-state index contributed by atoms with van der Waals surface area (Å²) in [6, 6.07) is 18.1. The number of anilines is 1. The first-order chi connectivity index (χ1) is 20.5. The Hall–Kier alpha value is -0.758. The second-order valence-corrected chi connectivity index (χ2v) is 20.1. The van der Waals surface area contributed by atoms with Crippen molar-refractivity contribution in [2.45, 2.75) is 107 Å². The van der Waals surface area contributed by atoms with E-state index in [2.05, 4.69) is 19.1 Å². The molecular weight excluding hydrogens is 676 g/mol. The molecule has 8 aliphatic carbocycles.